The molecule has 128 valence electrons. The van der Waals surface area contributed by atoms with Gasteiger partial charge in [-0.3, -0.25) is 0 Å². The summed E-state index contributed by atoms with van der Waals surface area (Å²) in [5.74, 6) is 0.731. The SMILES string of the molecule is CC1CCN(C(=O)NCCc2nnnn2C)C1c1cccc(F)c1. The second-order valence-electron chi connectivity index (χ2n) is 6.16. The Labute approximate surface area is 139 Å². The number of amides is 2. The van der Waals surface area contributed by atoms with Gasteiger partial charge in [0.1, 0.15) is 5.82 Å². The smallest absolute Gasteiger partial charge is 0.317 e. The molecule has 1 aliphatic heterocycles. The molecule has 2 heterocycles. The molecule has 0 saturated carbocycles. The average molecular weight is 332 g/mol. The minimum atomic E-state index is -0.276. The molecule has 2 unspecified atom stereocenters. The molecule has 1 aromatic heterocycles. The van der Waals surface area contributed by atoms with Gasteiger partial charge < -0.3 is 10.2 Å². The van der Waals surface area contributed by atoms with Gasteiger partial charge in [0.05, 0.1) is 6.04 Å². The van der Waals surface area contributed by atoms with E-state index in [9.17, 15) is 9.18 Å². The van der Waals surface area contributed by atoms with Crippen LogP contribution < -0.4 is 5.32 Å². The molecule has 2 amide bonds. The van der Waals surface area contributed by atoms with Gasteiger partial charge in [0.15, 0.2) is 5.82 Å². The van der Waals surface area contributed by atoms with Crippen LogP contribution in [0.4, 0.5) is 9.18 Å². The van der Waals surface area contributed by atoms with Gasteiger partial charge in [0, 0.05) is 26.6 Å². The second-order valence-corrected chi connectivity index (χ2v) is 6.16. The molecule has 1 N–H and O–H groups in total. The van der Waals surface area contributed by atoms with Crippen molar-refractivity contribution < 1.29 is 9.18 Å². The number of urea groups is 1. The molecule has 2 atom stereocenters. The zero-order chi connectivity index (χ0) is 17.1. The summed E-state index contributed by atoms with van der Waals surface area (Å²) in [6.45, 7) is 3.21. The molecule has 0 bridgehead atoms. The Morgan fingerprint density at radius 1 is 1.46 bits per heavy atom. The fraction of sp³-hybridized carbons (Fsp3) is 0.500. The number of benzene rings is 1. The lowest BCUT2D eigenvalue weighted by atomic mass is 9.95. The highest BCUT2D eigenvalue weighted by Crippen LogP contribution is 2.37. The molecule has 0 spiro atoms. The van der Waals surface area contributed by atoms with Gasteiger partial charge in [0.2, 0.25) is 0 Å². The van der Waals surface area contributed by atoms with Gasteiger partial charge in [0.25, 0.3) is 0 Å². The van der Waals surface area contributed by atoms with Gasteiger partial charge in [-0.25, -0.2) is 13.9 Å². The Morgan fingerprint density at radius 3 is 3.00 bits per heavy atom. The van der Waals surface area contributed by atoms with E-state index in [0.29, 0.717) is 31.3 Å². The lowest BCUT2D eigenvalue weighted by Gasteiger charge is -2.27. The van der Waals surface area contributed by atoms with Crippen molar-refractivity contribution in [2.45, 2.75) is 25.8 Å². The number of hydrogen-bond donors (Lipinski definition) is 1. The van der Waals surface area contributed by atoms with E-state index in [0.717, 1.165) is 12.0 Å². The molecule has 0 radical (unpaired) electrons. The van der Waals surface area contributed by atoms with Crippen molar-refractivity contribution in [1.82, 2.24) is 30.4 Å². The number of nitrogens with zero attached hydrogens (tertiary/aromatic N) is 5. The standard InChI is InChI=1S/C16H21FN6O/c1-11-7-9-23(15(11)12-4-3-5-13(17)10-12)16(24)18-8-6-14-19-20-21-22(14)2/h3-5,10-11,15H,6-9H2,1-2H3,(H,18,24). The van der Waals surface area contributed by atoms with E-state index < -0.39 is 0 Å². The van der Waals surface area contributed by atoms with Crippen molar-refractivity contribution in [3.63, 3.8) is 0 Å². The van der Waals surface area contributed by atoms with Gasteiger partial charge in [-0.1, -0.05) is 19.1 Å². The van der Waals surface area contributed by atoms with Crippen LogP contribution in [0.15, 0.2) is 24.3 Å². The molecule has 1 aliphatic rings. The molecule has 1 aromatic carbocycles. The summed E-state index contributed by atoms with van der Waals surface area (Å²) in [6.07, 6.45) is 1.46. The molecule has 8 heteroatoms. The summed E-state index contributed by atoms with van der Waals surface area (Å²) >= 11 is 0. The van der Waals surface area contributed by atoms with E-state index in [1.54, 1.807) is 22.7 Å². The second kappa shape index (κ2) is 6.94. The first-order valence-electron chi connectivity index (χ1n) is 8.07. The van der Waals surface area contributed by atoms with Crippen molar-refractivity contribution in [3.8, 4) is 0 Å². The normalized spacial score (nSPS) is 20.4. The first-order valence-corrected chi connectivity index (χ1v) is 8.07. The number of tetrazole rings is 1. The van der Waals surface area contributed by atoms with E-state index in [4.69, 9.17) is 0 Å². The zero-order valence-electron chi connectivity index (χ0n) is 13.8. The zero-order valence-corrected chi connectivity index (χ0v) is 13.8. The largest absolute Gasteiger partial charge is 0.338 e. The average Bonchev–Trinajstić information content (AvgIpc) is 3.13. The van der Waals surface area contributed by atoms with Gasteiger partial charge in [-0.2, -0.15) is 0 Å². The van der Waals surface area contributed by atoms with Crippen LogP contribution in [0.2, 0.25) is 0 Å². The number of hydrogen-bond acceptors (Lipinski definition) is 4. The fourth-order valence-corrected chi connectivity index (χ4v) is 3.22. The maximum atomic E-state index is 13.5. The molecule has 2 aromatic rings. The molecular formula is C16H21FN6O. The van der Waals surface area contributed by atoms with Crippen LogP contribution in [0.5, 0.6) is 0 Å². The third-order valence-electron chi connectivity index (χ3n) is 4.48. The number of aromatic nitrogens is 4. The number of halogens is 1. The highest BCUT2D eigenvalue weighted by molar-refractivity contribution is 5.75. The van der Waals surface area contributed by atoms with E-state index >= 15 is 0 Å². The highest BCUT2D eigenvalue weighted by atomic mass is 19.1. The number of likely N-dealkylation sites (tertiary alicyclic amines) is 1. The van der Waals surface area contributed by atoms with Gasteiger partial charge >= 0.3 is 6.03 Å². The molecule has 3 rings (SSSR count). The minimum Gasteiger partial charge on any atom is -0.338 e. The predicted octanol–water partition coefficient (Wildman–Crippen LogP) is 1.68. The Bertz CT molecular complexity index is 718. The fourth-order valence-electron chi connectivity index (χ4n) is 3.22. The van der Waals surface area contributed by atoms with Crippen LogP contribution in [0.25, 0.3) is 0 Å². The summed E-state index contributed by atoms with van der Waals surface area (Å²) in [4.78, 5) is 14.3. The Morgan fingerprint density at radius 2 is 2.29 bits per heavy atom. The van der Waals surface area contributed by atoms with Crippen LogP contribution in [-0.2, 0) is 13.5 Å². The first kappa shape index (κ1) is 16.4. The van der Waals surface area contributed by atoms with Crippen molar-refractivity contribution in [2.75, 3.05) is 13.1 Å². The maximum absolute atomic E-state index is 13.5. The topological polar surface area (TPSA) is 75.9 Å². The summed E-state index contributed by atoms with van der Waals surface area (Å²) < 4.78 is 15.1. The summed E-state index contributed by atoms with van der Waals surface area (Å²) in [5.41, 5.74) is 0.840. The number of nitrogens with one attached hydrogen (secondary N) is 1. The number of rotatable bonds is 4. The minimum absolute atomic E-state index is 0.0998. The van der Waals surface area contributed by atoms with E-state index in [2.05, 4.69) is 27.8 Å². The first-order chi connectivity index (χ1) is 11.6. The van der Waals surface area contributed by atoms with Crippen molar-refractivity contribution in [3.05, 3.63) is 41.5 Å². The summed E-state index contributed by atoms with van der Waals surface area (Å²) in [5, 5.41) is 14.1. The molecule has 0 aliphatic carbocycles. The van der Waals surface area contributed by atoms with Gasteiger partial charge in [-0.15, -0.1) is 5.10 Å². The third-order valence-corrected chi connectivity index (χ3v) is 4.48. The third kappa shape index (κ3) is 3.37. The number of carbonyl (C=O) groups is 1. The highest BCUT2D eigenvalue weighted by Gasteiger charge is 2.35. The van der Waals surface area contributed by atoms with Crippen molar-refractivity contribution in [2.24, 2.45) is 13.0 Å². The molecule has 7 nitrogen and oxygen atoms in total. The van der Waals surface area contributed by atoms with Crippen molar-refractivity contribution >= 4 is 6.03 Å². The van der Waals surface area contributed by atoms with Crippen LogP contribution in [-0.4, -0.2) is 44.2 Å². The van der Waals surface area contributed by atoms with E-state index in [1.165, 1.54) is 12.1 Å². The van der Waals surface area contributed by atoms with Crippen LogP contribution in [0, 0.1) is 11.7 Å². The predicted molar refractivity (Wildman–Crippen MR) is 85.5 cm³/mol. The monoisotopic (exact) mass is 332 g/mol. The maximum Gasteiger partial charge on any atom is 0.317 e. The Hall–Kier alpha value is -2.51. The summed E-state index contributed by atoms with van der Waals surface area (Å²) in [7, 11) is 1.76. The quantitative estimate of drug-likeness (QED) is 0.924. The lowest BCUT2D eigenvalue weighted by molar-refractivity contribution is 0.187. The Kier molecular flexibility index (Phi) is 4.73. The Balaban J connectivity index is 1.63. The summed E-state index contributed by atoms with van der Waals surface area (Å²) in [6, 6.07) is 6.26. The van der Waals surface area contributed by atoms with Crippen LogP contribution in [0.3, 0.4) is 0 Å². The van der Waals surface area contributed by atoms with E-state index in [-0.39, 0.29) is 17.9 Å². The van der Waals surface area contributed by atoms with Gasteiger partial charge in [-0.05, 0) is 40.5 Å². The molecule has 1 fully saturated rings. The lowest BCUT2D eigenvalue weighted by Crippen LogP contribution is -2.41. The van der Waals surface area contributed by atoms with E-state index in [1.807, 2.05) is 6.07 Å². The van der Waals surface area contributed by atoms with Crippen LogP contribution >= 0.6 is 0 Å². The molecule has 24 heavy (non-hydrogen) atoms. The number of carbonyl (C=O) groups excluding carboxylic acids is 1. The molecule has 1 saturated heterocycles. The molecular weight excluding hydrogens is 311 g/mol. The number of aryl methyl sites for hydroxylation is 1. The van der Waals surface area contributed by atoms with Crippen molar-refractivity contribution in [1.29, 1.82) is 0 Å². The van der Waals surface area contributed by atoms with Crippen LogP contribution in [0.1, 0.15) is 30.8 Å².